The molecule has 0 bridgehead atoms. The van der Waals surface area contributed by atoms with Gasteiger partial charge >= 0.3 is 0 Å². The molecule has 1 fully saturated rings. The lowest BCUT2D eigenvalue weighted by atomic mass is 9.76. The van der Waals surface area contributed by atoms with Gasteiger partial charge in [-0.15, -0.1) is 0 Å². The van der Waals surface area contributed by atoms with Crippen molar-refractivity contribution in [1.82, 2.24) is 0 Å². The molecule has 1 saturated carbocycles. The molecule has 2 nitrogen and oxygen atoms in total. The molecule has 0 heterocycles. The zero-order valence-corrected chi connectivity index (χ0v) is 7.88. The van der Waals surface area contributed by atoms with Crippen LogP contribution in [0.2, 0.25) is 0 Å². The fraction of sp³-hybridized carbons (Fsp3) is 0.900. The molecule has 70 valence electrons. The normalized spacial score (nSPS) is 30.7. The first kappa shape index (κ1) is 9.72. The van der Waals surface area contributed by atoms with Crippen molar-refractivity contribution in [2.75, 3.05) is 6.54 Å². The Bertz CT molecular complexity index is 156. The summed E-state index contributed by atoms with van der Waals surface area (Å²) in [6.45, 7) is 2.89. The average Bonchev–Trinajstić information content (AvgIpc) is 2.08. The molecule has 2 unspecified atom stereocenters. The molecule has 2 N–H and O–H groups in total. The molecule has 1 aliphatic carbocycles. The Kier molecular flexibility index (Phi) is 3.73. The molecule has 0 saturated heterocycles. The summed E-state index contributed by atoms with van der Waals surface area (Å²) in [5.41, 5.74) is 5.63. The van der Waals surface area contributed by atoms with Gasteiger partial charge in [0.1, 0.15) is 5.78 Å². The van der Waals surface area contributed by atoms with E-state index in [0.717, 1.165) is 25.2 Å². The Balaban J connectivity index is 2.44. The van der Waals surface area contributed by atoms with Gasteiger partial charge in [0.05, 0.1) is 0 Å². The minimum absolute atomic E-state index is 0.415. The highest BCUT2D eigenvalue weighted by atomic mass is 16.1. The summed E-state index contributed by atoms with van der Waals surface area (Å²) in [6, 6.07) is 0. The molecular weight excluding hydrogens is 150 g/mol. The molecule has 1 aliphatic rings. The quantitative estimate of drug-likeness (QED) is 0.699. The number of nitrogens with two attached hydrogens (primary N) is 1. The maximum atomic E-state index is 11.1. The van der Waals surface area contributed by atoms with Gasteiger partial charge in [-0.1, -0.05) is 19.8 Å². The van der Waals surface area contributed by atoms with E-state index in [0.29, 0.717) is 18.2 Å². The van der Waals surface area contributed by atoms with E-state index in [1.807, 2.05) is 0 Å². The van der Waals surface area contributed by atoms with Crippen LogP contribution in [0.25, 0.3) is 0 Å². The Labute approximate surface area is 74.5 Å². The van der Waals surface area contributed by atoms with E-state index < -0.39 is 0 Å². The van der Waals surface area contributed by atoms with E-state index >= 15 is 0 Å². The van der Waals surface area contributed by atoms with Crippen molar-refractivity contribution in [2.45, 2.75) is 39.0 Å². The second kappa shape index (κ2) is 4.61. The van der Waals surface area contributed by atoms with Gasteiger partial charge in [0.2, 0.25) is 0 Å². The summed E-state index contributed by atoms with van der Waals surface area (Å²) in [5.74, 6) is 1.61. The topological polar surface area (TPSA) is 43.1 Å². The molecule has 0 amide bonds. The van der Waals surface area contributed by atoms with Gasteiger partial charge in [-0.25, -0.2) is 0 Å². The largest absolute Gasteiger partial charge is 0.330 e. The van der Waals surface area contributed by atoms with E-state index in [9.17, 15) is 4.79 Å². The standard InChI is InChI=1S/C10H19NO/c1-2-3-8-4-5-10(12)6-9(8)7-11/h8-9H,2-7,11H2,1H3. The molecule has 0 aromatic carbocycles. The van der Waals surface area contributed by atoms with Crippen LogP contribution in [0.4, 0.5) is 0 Å². The SMILES string of the molecule is CCCC1CCC(=O)CC1CN. The number of carbonyl (C=O) groups excluding carboxylic acids is 1. The maximum absolute atomic E-state index is 11.1. The van der Waals surface area contributed by atoms with Crippen LogP contribution in [-0.4, -0.2) is 12.3 Å². The van der Waals surface area contributed by atoms with Crippen LogP contribution in [0.5, 0.6) is 0 Å². The zero-order chi connectivity index (χ0) is 8.97. The fourth-order valence-electron chi connectivity index (χ4n) is 2.17. The zero-order valence-electron chi connectivity index (χ0n) is 7.88. The third-order valence-corrected chi connectivity index (χ3v) is 2.91. The van der Waals surface area contributed by atoms with Gasteiger partial charge in [0.15, 0.2) is 0 Å². The Morgan fingerprint density at radius 1 is 1.50 bits per heavy atom. The number of Topliss-reactive ketones (excluding diaryl/α,β-unsaturated/α-hetero) is 1. The van der Waals surface area contributed by atoms with Crippen LogP contribution in [-0.2, 0) is 4.79 Å². The summed E-state index contributed by atoms with van der Waals surface area (Å²) < 4.78 is 0. The monoisotopic (exact) mass is 169 g/mol. The van der Waals surface area contributed by atoms with Gasteiger partial charge in [0, 0.05) is 12.8 Å². The first-order valence-electron chi connectivity index (χ1n) is 4.99. The number of hydrogen-bond acceptors (Lipinski definition) is 2. The van der Waals surface area contributed by atoms with Crippen LogP contribution in [0.15, 0.2) is 0 Å². The Morgan fingerprint density at radius 2 is 2.25 bits per heavy atom. The van der Waals surface area contributed by atoms with Crippen molar-refractivity contribution in [3.05, 3.63) is 0 Å². The lowest BCUT2D eigenvalue weighted by Crippen LogP contribution is -2.30. The predicted octanol–water partition coefficient (Wildman–Crippen LogP) is 1.73. The van der Waals surface area contributed by atoms with Crippen LogP contribution in [0.3, 0.4) is 0 Å². The highest BCUT2D eigenvalue weighted by molar-refractivity contribution is 5.79. The van der Waals surface area contributed by atoms with Gasteiger partial charge in [-0.3, -0.25) is 4.79 Å². The number of hydrogen-bond donors (Lipinski definition) is 1. The third-order valence-electron chi connectivity index (χ3n) is 2.91. The summed E-state index contributed by atoms with van der Waals surface area (Å²) in [4.78, 5) is 11.1. The Hall–Kier alpha value is -0.370. The summed E-state index contributed by atoms with van der Waals surface area (Å²) >= 11 is 0. The van der Waals surface area contributed by atoms with E-state index in [1.165, 1.54) is 12.8 Å². The second-order valence-electron chi connectivity index (χ2n) is 3.83. The number of rotatable bonds is 3. The lowest BCUT2D eigenvalue weighted by Gasteiger charge is -2.29. The Morgan fingerprint density at radius 3 is 2.83 bits per heavy atom. The molecular formula is C10H19NO. The van der Waals surface area contributed by atoms with Crippen molar-refractivity contribution >= 4 is 5.78 Å². The van der Waals surface area contributed by atoms with Gasteiger partial charge in [-0.05, 0) is 24.8 Å². The minimum atomic E-state index is 0.415. The molecule has 0 spiro atoms. The number of ketones is 1. The van der Waals surface area contributed by atoms with Gasteiger partial charge in [0.25, 0.3) is 0 Å². The first-order valence-corrected chi connectivity index (χ1v) is 4.99. The minimum Gasteiger partial charge on any atom is -0.330 e. The molecule has 0 aliphatic heterocycles. The van der Waals surface area contributed by atoms with Crippen LogP contribution < -0.4 is 5.73 Å². The average molecular weight is 169 g/mol. The summed E-state index contributed by atoms with van der Waals surface area (Å²) in [7, 11) is 0. The van der Waals surface area contributed by atoms with Crippen molar-refractivity contribution in [1.29, 1.82) is 0 Å². The molecule has 0 aromatic heterocycles. The summed E-state index contributed by atoms with van der Waals surface area (Å²) in [6.07, 6.45) is 5.07. The van der Waals surface area contributed by atoms with Gasteiger partial charge in [-0.2, -0.15) is 0 Å². The molecule has 1 rings (SSSR count). The van der Waals surface area contributed by atoms with Crippen molar-refractivity contribution in [2.24, 2.45) is 17.6 Å². The van der Waals surface area contributed by atoms with Crippen molar-refractivity contribution in [3.63, 3.8) is 0 Å². The van der Waals surface area contributed by atoms with E-state index in [1.54, 1.807) is 0 Å². The van der Waals surface area contributed by atoms with Crippen LogP contribution in [0, 0.1) is 11.8 Å². The van der Waals surface area contributed by atoms with Crippen molar-refractivity contribution < 1.29 is 4.79 Å². The highest BCUT2D eigenvalue weighted by Crippen LogP contribution is 2.30. The molecule has 2 atom stereocenters. The molecule has 0 radical (unpaired) electrons. The smallest absolute Gasteiger partial charge is 0.133 e. The van der Waals surface area contributed by atoms with E-state index in [-0.39, 0.29) is 0 Å². The number of carbonyl (C=O) groups is 1. The lowest BCUT2D eigenvalue weighted by molar-refractivity contribution is -0.122. The van der Waals surface area contributed by atoms with Gasteiger partial charge < -0.3 is 5.73 Å². The molecule has 12 heavy (non-hydrogen) atoms. The van der Waals surface area contributed by atoms with Crippen LogP contribution >= 0.6 is 0 Å². The predicted molar refractivity (Wildman–Crippen MR) is 49.8 cm³/mol. The van der Waals surface area contributed by atoms with E-state index in [2.05, 4.69) is 6.92 Å². The third kappa shape index (κ3) is 2.31. The van der Waals surface area contributed by atoms with Crippen LogP contribution in [0.1, 0.15) is 39.0 Å². The van der Waals surface area contributed by atoms with E-state index in [4.69, 9.17) is 5.73 Å². The maximum Gasteiger partial charge on any atom is 0.133 e. The molecule has 2 heteroatoms. The first-order chi connectivity index (χ1) is 5.77. The highest BCUT2D eigenvalue weighted by Gasteiger charge is 2.27. The fourth-order valence-corrected chi connectivity index (χ4v) is 2.17. The summed E-state index contributed by atoms with van der Waals surface area (Å²) in [5, 5.41) is 0. The molecule has 0 aromatic rings. The second-order valence-corrected chi connectivity index (χ2v) is 3.83. The van der Waals surface area contributed by atoms with Crippen molar-refractivity contribution in [3.8, 4) is 0 Å².